The Bertz CT molecular complexity index is 3280. The lowest BCUT2D eigenvalue weighted by Gasteiger charge is -2.29. The molecule has 28 heteroatoms. The van der Waals surface area contributed by atoms with Crippen LogP contribution in [0.15, 0.2) is 121 Å². The molecule has 0 spiro atoms. The predicted octanol–water partition coefficient (Wildman–Crippen LogP) is 5.25. The molecule has 11 N–H and O–H groups in total. The fourth-order valence-corrected chi connectivity index (χ4v) is 13.0. The summed E-state index contributed by atoms with van der Waals surface area (Å²) in [5.41, 5.74) is 8.47. The molecule has 0 bridgehead atoms. The van der Waals surface area contributed by atoms with Crippen LogP contribution < -0.4 is 48.3 Å². The summed E-state index contributed by atoms with van der Waals surface area (Å²) in [6.45, 7) is 7.49. The molecule has 24 nitrogen and oxygen atoms in total. The Kier molecular flexibility index (Phi) is 34.9. The normalized spacial score (nSPS) is 13.7. The third kappa shape index (κ3) is 29.4. The number of carbonyl (C=O) groups excluding carboxylic acids is 10. The number of rotatable bonds is 40. The molecule has 10 amide bonds. The Morgan fingerprint density at radius 3 is 1.18 bits per heavy atom. The van der Waals surface area contributed by atoms with E-state index in [1.54, 1.807) is 102 Å². The molecule has 0 aliphatic heterocycles. The average Bonchev–Trinajstić information content (AvgIpc) is 0.864. The van der Waals surface area contributed by atoms with Crippen molar-refractivity contribution in [3.05, 3.63) is 144 Å². The van der Waals surface area contributed by atoms with E-state index >= 15 is 0 Å². The maximum atomic E-state index is 14.3. The van der Waals surface area contributed by atoms with Gasteiger partial charge in [0.15, 0.2) is 0 Å². The van der Waals surface area contributed by atoms with Crippen LogP contribution in [0.1, 0.15) is 122 Å². The highest BCUT2D eigenvalue weighted by molar-refractivity contribution is 8.25. The van der Waals surface area contributed by atoms with Gasteiger partial charge in [-0.2, -0.15) is 10.5 Å². The summed E-state index contributed by atoms with van der Waals surface area (Å²) in [4.78, 5) is 152. The van der Waals surface area contributed by atoms with Crippen molar-refractivity contribution >= 4 is 121 Å². The first-order chi connectivity index (χ1) is 46.6. The predicted molar refractivity (Wildman–Crippen MR) is 383 cm³/mol. The summed E-state index contributed by atoms with van der Waals surface area (Å²) in [6, 6.07) is 32.8. The molecule has 0 fully saturated rings. The number of unbranched alkanes of at least 4 members (excludes halogenated alkanes) is 1. The summed E-state index contributed by atoms with van der Waals surface area (Å²) >= 11 is 13.4. The molecule has 4 aromatic rings. The van der Waals surface area contributed by atoms with Crippen molar-refractivity contribution in [2.75, 3.05) is 32.7 Å². The number of benzene rings is 4. The van der Waals surface area contributed by atoms with E-state index in [9.17, 15) is 68.4 Å². The Balaban J connectivity index is 1.45. The summed E-state index contributed by atoms with van der Waals surface area (Å²) in [6.07, 6.45) is -0.0106. The monoisotopic (exact) mass is 1420 g/mol. The van der Waals surface area contributed by atoms with Gasteiger partial charge >= 0.3 is 5.97 Å². The summed E-state index contributed by atoms with van der Waals surface area (Å²) < 4.78 is -1.18. The van der Waals surface area contributed by atoms with Crippen molar-refractivity contribution in [1.29, 1.82) is 10.5 Å². The van der Waals surface area contributed by atoms with Crippen molar-refractivity contribution in [3.63, 3.8) is 0 Å². The van der Waals surface area contributed by atoms with Crippen molar-refractivity contribution in [2.45, 2.75) is 152 Å². The number of nitrogens with zero attached hydrogens (tertiary/aromatic N) is 3. The Morgan fingerprint density at radius 1 is 0.500 bits per heavy atom. The van der Waals surface area contributed by atoms with Gasteiger partial charge in [-0.15, -0.1) is 0 Å². The molecule has 0 radical (unpaired) electrons. The van der Waals surface area contributed by atoms with E-state index in [-0.39, 0.29) is 82.6 Å². The molecule has 0 aliphatic rings. The number of nitrogens with one attached hydrogen (secondary N) is 8. The quantitative estimate of drug-likeness (QED) is 0.0201. The minimum atomic E-state index is -1.81. The van der Waals surface area contributed by atoms with Gasteiger partial charge in [0.2, 0.25) is 59.1 Å². The van der Waals surface area contributed by atoms with E-state index in [0.717, 1.165) is 34.7 Å². The fraction of sp³-hybridized carbons (Fsp3) is 0.443. The van der Waals surface area contributed by atoms with Crippen LogP contribution in [-0.4, -0.2) is 156 Å². The van der Waals surface area contributed by atoms with Gasteiger partial charge in [-0.25, -0.2) is 4.79 Å². The second kappa shape index (κ2) is 42.0. The number of thiocarbonyl (C=S) groups is 2. The molecule has 4 rings (SSSR count). The van der Waals surface area contributed by atoms with E-state index in [2.05, 4.69) is 54.7 Å². The molecule has 0 saturated heterocycles. The molecular weight excluding hydrogens is 1330 g/mol. The highest BCUT2D eigenvalue weighted by Gasteiger charge is 2.37. The number of carbonyl (C=O) groups is 11. The molecule has 7 atom stereocenters. The van der Waals surface area contributed by atoms with Crippen molar-refractivity contribution in [2.24, 2.45) is 17.6 Å². The summed E-state index contributed by atoms with van der Waals surface area (Å²) in [5, 5.41) is 51.0. The number of carboxylic acids is 1. The lowest BCUT2D eigenvalue weighted by molar-refractivity contribution is -0.158. The van der Waals surface area contributed by atoms with Crippen LogP contribution in [0.5, 0.6) is 0 Å². The SMILES string of the molecule is CC(C)C[C@H](NC(=O)[C@H](Cc1ccccc1)NC(=O)CNC(=O)CCC(C)(C#N)SC(=S)c1ccccc1)C(=O)NCC(=O)N(C(=O)CNC(=O)[C@H](CC(C)C)NC(=O)[C@H](Cc1ccccc1)NC(=O)CNC(=O)CCC(C)(C#N)SC(=S)c1ccccc1)[C@@H](CCCCN)C(=O)O. The lowest BCUT2D eigenvalue weighted by atomic mass is 10.0. The zero-order chi connectivity index (χ0) is 72.4. The maximum Gasteiger partial charge on any atom is 0.326 e. The van der Waals surface area contributed by atoms with Crippen LogP contribution in [0.4, 0.5) is 0 Å². The topological polar surface area (TPSA) is 381 Å². The van der Waals surface area contributed by atoms with Crippen LogP contribution in [0.2, 0.25) is 0 Å². The van der Waals surface area contributed by atoms with Crippen LogP contribution in [-0.2, 0) is 65.6 Å². The third-order valence-electron chi connectivity index (χ3n) is 15.1. The van der Waals surface area contributed by atoms with Gasteiger partial charge in [0.1, 0.15) is 39.7 Å². The van der Waals surface area contributed by atoms with E-state index in [1.807, 2.05) is 60.7 Å². The molecule has 0 heterocycles. The van der Waals surface area contributed by atoms with Crippen LogP contribution in [0.3, 0.4) is 0 Å². The van der Waals surface area contributed by atoms with Gasteiger partial charge in [-0.05, 0) is 99.4 Å². The van der Waals surface area contributed by atoms with Crippen LogP contribution >= 0.6 is 48.0 Å². The molecule has 98 heavy (non-hydrogen) atoms. The second-order valence-corrected chi connectivity index (χ2v) is 28.8. The first kappa shape index (κ1) is 81.5. The average molecular weight is 1420 g/mol. The highest BCUT2D eigenvalue weighted by atomic mass is 32.2. The van der Waals surface area contributed by atoms with Gasteiger partial charge in [0.25, 0.3) is 0 Å². The number of aliphatic carboxylic acids is 1. The number of carboxylic acid groups (broad SMARTS) is 1. The summed E-state index contributed by atoms with van der Waals surface area (Å²) in [7, 11) is 0. The van der Waals surface area contributed by atoms with Crippen molar-refractivity contribution in [1.82, 2.24) is 47.4 Å². The third-order valence-corrected chi connectivity index (χ3v) is 18.4. The number of hydrogen-bond donors (Lipinski definition) is 10. The number of hydrogen-bond acceptors (Lipinski definition) is 18. The molecular formula is C70H88N12O12S4. The Labute approximate surface area is 591 Å². The van der Waals surface area contributed by atoms with E-state index in [4.69, 9.17) is 30.2 Å². The Morgan fingerprint density at radius 2 is 0.857 bits per heavy atom. The number of amides is 10. The van der Waals surface area contributed by atoms with Crippen molar-refractivity contribution < 1.29 is 57.8 Å². The molecule has 4 aromatic carbocycles. The standard InChI is InChI=1S/C70H88N12O12S4/c1-45(2)35-51(80-64(91)53(37-47-21-11-7-12-22-47)78-58(85)39-74-56(83)30-32-69(5,43-72)97-67(95)49-25-15-9-16-26-49)62(89)76-41-60(87)82(55(66(93)94)29-19-20-34-71)61(88)42-77-63(90)52(36-46(3)4)81-65(92)54(38-48-23-13-8-14-24-48)79-59(86)40-75-57(84)31-33-70(6,44-73)98-68(96)50-27-17-10-18-28-50/h7-18,21-28,45-46,51-55H,19-20,29-42,71H2,1-6H3,(H,74,83)(H,75,84)(H,76,89)(H,77,90)(H,78,85)(H,79,86)(H,80,91)(H,81,92)(H,93,94)/t51-,52-,53-,54-,55-,69?,70?/m0/s1. The van der Waals surface area contributed by atoms with Crippen LogP contribution in [0.25, 0.3) is 0 Å². The van der Waals surface area contributed by atoms with E-state index in [1.165, 1.54) is 0 Å². The smallest absolute Gasteiger partial charge is 0.326 e. The fourth-order valence-electron chi connectivity index (χ4n) is 9.81. The van der Waals surface area contributed by atoms with Gasteiger partial charge in [0, 0.05) is 25.7 Å². The molecule has 2 unspecified atom stereocenters. The van der Waals surface area contributed by atoms with Gasteiger partial charge < -0.3 is 53.4 Å². The molecule has 0 aromatic heterocycles. The number of nitrogens with two attached hydrogens (primary N) is 1. The van der Waals surface area contributed by atoms with Gasteiger partial charge in [0.05, 0.1) is 46.7 Å². The maximum absolute atomic E-state index is 14.3. The summed E-state index contributed by atoms with van der Waals surface area (Å²) in [5.74, 6) is -10.5. The minimum absolute atomic E-state index is 0.00200. The minimum Gasteiger partial charge on any atom is -0.480 e. The molecule has 0 aliphatic carbocycles. The molecule has 0 saturated carbocycles. The van der Waals surface area contributed by atoms with E-state index < -0.39 is 131 Å². The molecule has 524 valence electrons. The van der Waals surface area contributed by atoms with Crippen LogP contribution in [0, 0.1) is 34.5 Å². The number of imide groups is 1. The Hall–Kier alpha value is -8.93. The van der Waals surface area contributed by atoms with E-state index in [0.29, 0.717) is 30.8 Å². The largest absolute Gasteiger partial charge is 0.480 e. The van der Waals surface area contributed by atoms with Gasteiger partial charge in [-0.3, -0.25) is 52.8 Å². The number of nitriles is 2. The zero-order valence-electron chi connectivity index (χ0n) is 55.9. The second-order valence-electron chi connectivity index (χ2n) is 24.5. The highest BCUT2D eigenvalue weighted by Crippen LogP contribution is 2.34. The number of thioether (sulfide) groups is 2. The van der Waals surface area contributed by atoms with Crippen molar-refractivity contribution in [3.8, 4) is 12.1 Å². The first-order valence-corrected chi connectivity index (χ1v) is 34.6. The zero-order valence-corrected chi connectivity index (χ0v) is 59.2. The lowest BCUT2D eigenvalue weighted by Crippen LogP contribution is -2.58. The first-order valence-electron chi connectivity index (χ1n) is 32.1. The van der Waals surface area contributed by atoms with Gasteiger partial charge in [-0.1, -0.05) is 197 Å².